The average molecular weight is 825 g/mol. The Morgan fingerprint density at radius 3 is 2.29 bits per heavy atom. The van der Waals surface area contributed by atoms with E-state index in [0.29, 0.717) is 19.3 Å². The maximum atomic E-state index is 13.2. The van der Waals surface area contributed by atoms with Gasteiger partial charge in [0.05, 0.1) is 31.0 Å². The first-order valence-electron chi connectivity index (χ1n) is 18.2. The molecule has 55 heavy (non-hydrogen) atoms. The van der Waals surface area contributed by atoms with Crippen molar-refractivity contribution in [3.05, 3.63) is 12.2 Å². The van der Waals surface area contributed by atoms with E-state index in [1.807, 2.05) is 0 Å². The van der Waals surface area contributed by atoms with Gasteiger partial charge in [0.2, 0.25) is 0 Å². The maximum Gasteiger partial charge on any atom is 0.306 e. The molecular weight excluding hydrogens is 776 g/mol. The van der Waals surface area contributed by atoms with Crippen LogP contribution in [0.25, 0.3) is 0 Å². The monoisotopic (exact) mass is 824 g/mol. The van der Waals surface area contributed by atoms with E-state index in [0.717, 1.165) is 24.8 Å². The quantitative estimate of drug-likeness (QED) is 0.0320. The van der Waals surface area contributed by atoms with Crippen molar-refractivity contribution < 1.29 is 91.1 Å². The highest BCUT2D eigenvalue weighted by atomic mass is 32.2. The van der Waals surface area contributed by atoms with Crippen LogP contribution in [0.5, 0.6) is 0 Å². The molecule has 1 spiro atoms. The molecule has 0 aromatic rings. The van der Waals surface area contributed by atoms with Gasteiger partial charge in [-0.2, -0.15) is 0 Å². The van der Waals surface area contributed by atoms with Crippen molar-refractivity contribution in [3.63, 3.8) is 0 Å². The van der Waals surface area contributed by atoms with Crippen LogP contribution in [0.2, 0.25) is 0 Å². The lowest BCUT2D eigenvalue weighted by atomic mass is 9.43. The van der Waals surface area contributed by atoms with Gasteiger partial charge in [-0.1, -0.05) is 27.4 Å². The van der Waals surface area contributed by atoms with Gasteiger partial charge < -0.3 is 44.8 Å². The minimum atomic E-state index is -1.55. The number of aliphatic hydroxyl groups is 1. The second-order valence-corrected chi connectivity index (χ2v) is 16.7. The maximum absolute atomic E-state index is 13.2. The Kier molecular flexibility index (Phi) is 15.3. The molecule has 1 saturated heterocycles. The van der Waals surface area contributed by atoms with Crippen LogP contribution in [0.3, 0.4) is 0 Å². The molecule has 4 saturated carbocycles. The third-order valence-electron chi connectivity index (χ3n) is 12.2. The lowest BCUT2D eigenvalue weighted by Gasteiger charge is -2.62. The van der Waals surface area contributed by atoms with Crippen molar-refractivity contribution in [1.29, 1.82) is 0 Å². The van der Waals surface area contributed by atoms with Gasteiger partial charge in [-0.05, 0) is 79.6 Å². The number of fused-ring (bicyclic) bond motifs is 3. The second kappa shape index (κ2) is 19.1. The highest BCUT2D eigenvalue weighted by Gasteiger charge is 2.67. The number of hydrogen-bond donors (Lipinski definition) is 3. The van der Waals surface area contributed by atoms with Crippen molar-refractivity contribution in [2.45, 2.75) is 128 Å². The summed E-state index contributed by atoms with van der Waals surface area (Å²) in [5.74, 6) is -4.93. The molecule has 5 rings (SSSR count). The number of carbonyl (C=O) groups excluding carboxylic acids is 2. The van der Waals surface area contributed by atoms with E-state index in [-0.39, 0.29) is 61.2 Å². The molecule has 13 atom stereocenters. The number of hydrogen-bond acceptors (Lipinski definition) is 19. The summed E-state index contributed by atoms with van der Waals surface area (Å²) in [4.78, 5) is 49.7. The molecule has 5 aliphatic rings. The second-order valence-electron chi connectivity index (χ2n) is 15.7. The summed E-state index contributed by atoms with van der Waals surface area (Å²) < 4.78 is 43.9. The Morgan fingerprint density at radius 2 is 1.65 bits per heavy atom. The summed E-state index contributed by atoms with van der Waals surface area (Å²) in [6, 6.07) is 0. The number of aliphatic hydroxyl groups excluding tert-OH is 1. The fourth-order valence-corrected chi connectivity index (χ4v) is 10.9. The number of esters is 2. The number of carboxylic acid groups (broad SMARTS) is 2. The zero-order valence-electron chi connectivity index (χ0n) is 30.6. The van der Waals surface area contributed by atoms with Gasteiger partial charge in [0.25, 0.3) is 0 Å². The normalized spacial score (nSPS) is 38.2. The van der Waals surface area contributed by atoms with E-state index in [1.54, 1.807) is 13.8 Å². The SMILES string of the molecule is C=C1C2CCC3C4(C)CC(O[C@@H]5O[C@@H](COC(=O)CCC(=O)O)[C@@H](OSOO[O-])[C@H](OSOO[O-])C5OC(=O)CC(C)C)CC(C(=O)O)C4CCC3(C2)[C@H]1O. The number of ether oxygens (including phenoxy) is 4. The van der Waals surface area contributed by atoms with Crippen molar-refractivity contribution in [1.82, 2.24) is 0 Å². The predicted octanol–water partition coefficient (Wildman–Crippen LogP) is 2.05. The number of carbonyl (C=O) groups is 4. The topological polar surface area (TPSA) is 267 Å². The molecule has 4 aliphatic carbocycles. The predicted molar refractivity (Wildman–Crippen MR) is 180 cm³/mol. The smallest absolute Gasteiger partial charge is 0.306 e. The molecule has 0 aromatic heterocycles. The number of aliphatic carboxylic acids is 2. The molecule has 5 fully saturated rings. The van der Waals surface area contributed by atoms with Gasteiger partial charge in [0, 0.05) is 11.8 Å². The lowest BCUT2D eigenvalue weighted by Crippen LogP contribution is -2.63. The van der Waals surface area contributed by atoms with Crippen LogP contribution in [0.15, 0.2) is 12.2 Å². The highest BCUT2D eigenvalue weighted by molar-refractivity contribution is 7.90. The summed E-state index contributed by atoms with van der Waals surface area (Å²) >= 11 is 0.0544. The number of rotatable bonds is 19. The van der Waals surface area contributed by atoms with Gasteiger partial charge in [-0.15, -0.1) is 8.67 Å². The standard InChI is InChI=1S/C34H50O19S2/c1-16(2)11-26(38)47-29-28(49-55-53-51-43)27(48-54-52-50-42)22(15-44-25(37)8-7-24(35)36)46-32(29)45-19-12-20(31(40)41)21-9-10-34-13-18(17(3)30(34)39)5-6-23(34)33(21,4)14-19/h16,18-23,27-30,32,39,42-43H,3,5-15H2,1-2,4H3,(H,35,36)(H,40,41)/p-2/t18?,19?,20?,21?,22-,23?,27+,28-,29?,30-,32+,33?,34?/m0/s1. The first-order valence-corrected chi connectivity index (χ1v) is 19.5. The third-order valence-corrected chi connectivity index (χ3v) is 13.0. The molecule has 0 radical (unpaired) electrons. The molecule has 0 aromatic carbocycles. The Balaban J connectivity index is 1.48. The van der Waals surface area contributed by atoms with Crippen LogP contribution in [-0.2, 0) is 65.2 Å². The molecule has 312 valence electrons. The van der Waals surface area contributed by atoms with Gasteiger partial charge in [0.1, 0.15) is 24.9 Å². The first-order chi connectivity index (χ1) is 26.1. The van der Waals surface area contributed by atoms with Crippen LogP contribution in [0.4, 0.5) is 0 Å². The number of carboxylic acids is 2. The average Bonchev–Trinajstić information content (AvgIpc) is 3.29. The molecule has 3 N–H and O–H groups in total. The van der Waals surface area contributed by atoms with Gasteiger partial charge >= 0.3 is 23.9 Å². The van der Waals surface area contributed by atoms with E-state index < -0.39 is 103 Å². The lowest BCUT2D eigenvalue weighted by molar-refractivity contribution is -0.778. The first kappa shape index (κ1) is 44.0. The Hall–Kier alpha value is -2.12. The van der Waals surface area contributed by atoms with Gasteiger partial charge in [0.15, 0.2) is 37.0 Å². The Morgan fingerprint density at radius 1 is 0.964 bits per heavy atom. The molecule has 8 unspecified atom stereocenters. The van der Waals surface area contributed by atoms with E-state index in [4.69, 9.17) is 32.4 Å². The zero-order valence-corrected chi connectivity index (χ0v) is 32.2. The third kappa shape index (κ3) is 9.78. The van der Waals surface area contributed by atoms with Gasteiger partial charge in [-0.25, -0.2) is 0 Å². The van der Waals surface area contributed by atoms with Crippen LogP contribution < -0.4 is 10.5 Å². The molecular formula is C34H48O19S2-2. The minimum absolute atomic E-state index is 0.0255. The fraction of sp³-hybridized carbons (Fsp3) is 0.824. The van der Waals surface area contributed by atoms with Crippen LogP contribution in [-0.4, -0.2) is 88.7 Å². The van der Waals surface area contributed by atoms with Crippen LogP contribution >= 0.6 is 24.6 Å². The summed E-state index contributed by atoms with van der Waals surface area (Å²) in [5, 5.41) is 59.2. The molecule has 1 aliphatic heterocycles. The summed E-state index contributed by atoms with van der Waals surface area (Å²) in [5.41, 5.74) is -0.224. The van der Waals surface area contributed by atoms with Crippen molar-refractivity contribution in [2.24, 2.45) is 40.4 Å². The summed E-state index contributed by atoms with van der Waals surface area (Å²) in [7, 11) is 0. The summed E-state index contributed by atoms with van der Waals surface area (Å²) in [6.07, 6.45) is -5.98. The minimum Gasteiger partial charge on any atom is -0.691 e. The zero-order chi connectivity index (χ0) is 40.1. The van der Waals surface area contributed by atoms with Gasteiger partial charge in [-0.3, -0.25) is 37.6 Å². The molecule has 0 amide bonds. The van der Waals surface area contributed by atoms with E-state index in [2.05, 4.69) is 32.2 Å². The van der Waals surface area contributed by atoms with Crippen molar-refractivity contribution >= 4 is 48.5 Å². The highest BCUT2D eigenvalue weighted by Crippen LogP contribution is 2.70. The van der Waals surface area contributed by atoms with Crippen LogP contribution in [0, 0.1) is 40.4 Å². The largest absolute Gasteiger partial charge is 0.691 e. The molecule has 2 bridgehead atoms. The fourth-order valence-electron chi connectivity index (χ4n) is 10.1. The van der Waals surface area contributed by atoms with E-state index in [1.165, 1.54) is 0 Å². The molecule has 1 heterocycles. The Labute approximate surface area is 326 Å². The molecule has 21 heteroatoms. The van der Waals surface area contributed by atoms with Crippen molar-refractivity contribution in [2.75, 3.05) is 6.61 Å². The summed E-state index contributed by atoms with van der Waals surface area (Å²) in [6.45, 7) is 9.22. The van der Waals surface area contributed by atoms with E-state index in [9.17, 15) is 39.9 Å². The van der Waals surface area contributed by atoms with Crippen LogP contribution in [0.1, 0.15) is 85.0 Å². The van der Waals surface area contributed by atoms with Crippen molar-refractivity contribution in [3.8, 4) is 0 Å². The molecule has 19 nitrogen and oxygen atoms in total. The Bertz CT molecular complexity index is 1390. The van der Waals surface area contributed by atoms with E-state index >= 15 is 0 Å².